The Hall–Kier alpha value is -1.22. The molecule has 1 aliphatic rings. The van der Waals surface area contributed by atoms with E-state index in [0.29, 0.717) is 6.04 Å². The van der Waals surface area contributed by atoms with Crippen LogP contribution in [-0.2, 0) is 4.74 Å². The van der Waals surface area contributed by atoms with Crippen LogP contribution in [0.2, 0.25) is 0 Å². The summed E-state index contributed by atoms with van der Waals surface area (Å²) in [5.74, 6) is 0. The van der Waals surface area contributed by atoms with Crippen LogP contribution in [-0.4, -0.2) is 25.8 Å². The largest absolute Gasteiger partial charge is 0.397 e. The average molecular weight is 220 g/mol. The highest BCUT2D eigenvalue weighted by Gasteiger charge is 2.21. The lowest BCUT2D eigenvalue weighted by Crippen LogP contribution is -2.41. The van der Waals surface area contributed by atoms with Crippen LogP contribution in [0.1, 0.15) is 19.8 Å². The first kappa shape index (κ1) is 11.3. The molecule has 2 N–H and O–H groups in total. The molecule has 0 radical (unpaired) electrons. The summed E-state index contributed by atoms with van der Waals surface area (Å²) in [4.78, 5) is 2.36. The molecule has 1 unspecified atom stereocenters. The van der Waals surface area contributed by atoms with Gasteiger partial charge in [-0.1, -0.05) is 12.1 Å². The van der Waals surface area contributed by atoms with Gasteiger partial charge in [0.1, 0.15) is 0 Å². The Morgan fingerprint density at radius 1 is 1.44 bits per heavy atom. The monoisotopic (exact) mass is 220 g/mol. The van der Waals surface area contributed by atoms with E-state index in [4.69, 9.17) is 10.5 Å². The van der Waals surface area contributed by atoms with Crippen LogP contribution in [0, 0.1) is 0 Å². The lowest BCUT2D eigenvalue weighted by Gasteiger charge is -2.35. The van der Waals surface area contributed by atoms with Gasteiger partial charge in [-0.25, -0.2) is 0 Å². The fraction of sp³-hybridized carbons (Fsp3) is 0.538. The zero-order valence-electron chi connectivity index (χ0n) is 9.86. The van der Waals surface area contributed by atoms with E-state index >= 15 is 0 Å². The fourth-order valence-corrected chi connectivity index (χ4v) is 2.34. The smallest absolute Gasteiger partial charge is 0.0670 e. The summed E-state index contributed by atoms with van der Waals surface area (Å²) in [6.07, 6.45) is 2.34. The molecule has 1 aromatic rings. The summed E-state index contributed by atoms with van der Waals surface area (Å²) in [6.45, 7) is 4.86. The Morgan fingerprint density at radius 3 is 2.88 bits per heavy atom. The molecule has 1 saturated heterocycles. The zero-order valence-corrected chi connectivity index (χ0v) is 9.86. The maximum Gasteiger partial charge on any atom is 0.0670 e. The lowest BCUT2D eigenvalue weighted by atomic mass is 10.1. The van der Waals surface area contributed by atoms with Gasteiger partial charge in [-0.05, 0) is 31.9 Å². The highest BCUT2D eigenvalue weighted by atomic mass is 16.5. The van der Waals surface area contributed by atoms with Gasteiger partial charge in [0.05, 0.1) is 24.0 Å². The number of likely N-dealkylation sites (N-methyl/N-ethyl adjacent to an activating group) is 1. The van der Waals surface area contributed by atoms with Crippen LogP contribution < -0.4 is 10.6 Å². The predicted molar refractivity (Wildman–Crippen MR) is 67.7 cm³/mol. The highest BCUT2D eigenvalue weighted by molar-refractivity contribution is 5.67. The summed E-state index contributed by atoms with van der Waals surface area (Å²) >= 11 is 0. The number of rotatable bonds is 3. The van der Waals surface area contributed by atoms with Crippen molar-refractivity contribution in [3.05, 3.63) is 24.3 Å². The number of benzene rings is 1. The summed E-state index contributed by atoms with van der Waals surface area (Å²) in [5.41, 5.74) is 8.02. The Labute approximate surface area is 97.2 Å². The molecular weight excluding hydrogens is 200 g/mol. The minimum absolute atomic E-state index is 0.475. The van der Waals surface area contributed by atoms with Crippen molar-refractivity contribution in [2.75, 3.05) is 30.4 Å². The normalized spacial score (nSPS) is 20.7. The van der Waals surface area contributed by atoms with Crippen molar-refractivity contribution in [2.24, 2.45) is 0 Å². The molecule has 0 saturated carbocycles. The Bertz CT molecular complexity index is 334. The quantitative estimate of drug-likeness (QED) is 0.794. The van der Waals surface area contributed by atoms with Gasteiger partial charge in [-0.2, -0.15) is 0 Å². The molecule has 1 heterocycles. The molecule has 1 aliphatic heterocycles. The molecule has 2 rings (SSSR count). The van der Waals surface area contributed by atoms with Crippen molar-refractivity contribution >= 4 is 11.4 Å². The van der Waals surface area contributed by atoms with Crippen molar-refractivity contribution in [3.8, 4) is 0 Å². The second-order valence-electron chi connectivity index (χ2n) is 4.22. The third kappa shape index (κ3) is 2.30. The van der Waals surface area contributed by atoms with E-state index in [0.717, 1.165) is 37.6 Å². The molecule has 1 atom stereocenters. The molecule has 1 fully saturated rings. The van der Waals surface area contributed by atoms with Gasteiger partial charge in [-0.15, -0.1) is 0 Å². The van der Waals surface area contributed by atoms with Gasteiger partial charge in [0.15, 0.2) is 0 Å². The molecule has 0 spiro atoms. The molecule has 3 heteroatoms. The van der Waals surface area contributed by atoms with Gasteiger partial charge in [-0.3, -0.25) is 0 Å². The number of para-hydroxylation sites is 2. The number of anilines is 2. The van der Waals surface area contributed by atoms with Gasteiger partial charge < -0.3 is 15.4 Å². The minimum Gasteiger partial charge on any atom is -0.397 e. The van der Waals surface area contributed by atoms with Gasteiger partial charge in [0, 0.05) is 13.2 Å². The molecular formula is C13H20N2O. The minimum atomic E-state index is 0.475. The van der Waals surface area contributed by atoms with Crippen molar-refractivity contribution < 1.29 is 4.74 Å². The average Bonchev–Trinajstić information content (AvgIpc) is 2.34. The van der Waals surface area contributed by atoms with E-state index in [-0.39, 0.29) is 0 Å². The Morgan fingerprint density at radius 2 is 2.25 bits per heavy atom. The van der Waals surface area contributed by atoms with E-state index in [1.54, 1.807) is 0 Å². The molecule has 0 amide bonds. The number of hydrogen-bond acceptors (Lipinski definition) is 3. The number of ether oxygens (including phenoxy) is 1. The summed E-state index contributed by atoms with van der Waals surface area (Å²) in [7, 11) is 0. The molecule has 0 bridgehead atoms. The molecule has 1 aromatic carbocycles. The summed E-state index contributed by atoms with van der Waals surface area (Å²) in [5, 5.41) is 0. The lowest BCUT2D eigenvalue weighted by molar-refractivity contribution is 0.0795. The number of hydrogen-bond donors (Lipinski definition) is 1. The van der Waals surface area contributed by atoms with E-state index in [1.165, 1.54) is 6.42 Å². The molecule has 0 aliphatic carbocycles. The zero-order chi connectivity index (χ0) is 11.4. The third-order valence-electron chi connectivity index (χ3n) is 3.16. The van der Waals surface area contributed by atoms with Crippen molar-refractivity contribution in [1.82, 2.24) is 0 Å². The Balaban J connectivity index is 2.18. The molecule has 3 nitrogen and oxygen atoms in total. The van der Waals surface area contributed by atoms with E-state index in [9.17, 15) is 0 Å². The van der Waals surface area contributed by atoms with Gasteiger partial charge >= 0.3 is 0 Å². The second-order valence-corrected chi connectivity index (χ2v) is 4.22. The SMILES string of the molecule is CCN(c1ccccc1N)C1CCCOC1. The number of nitrogens with two attached hydrogens (primary N) is 1. The standard InChI is InChI=1S/C13H20N2O/c1-2-15(11-6-5-9-16-10-11)13-8-4-3-7-12(13)14/h3-4,7-8,11H,2,5-6,9-10,14H2,1H3. The van der Waals surface area contributed by atoms with Crippen molar-refractivity contribution in [1.29, 1.82) is 0 Å². The van der Waals surface area contributed by atoms with Crippen LogP contribution >= 0.6 is 0 Å². The maximum absolute atomic E-state index is 6.02. The predicted octanol–water partition coefficient (Wildman–Crippen LogP) is 2.27. The highest BCUT2D eigenvalue weighted by Crippen LogP contribution is 2.26. The summed E-state index contributed by atoms with van der Waals surface area (Å²) < 4.78 is 5.54. The van der Waals surface area contributed by atoms with E-state index in [1.807, 2.05) is 18.2 Å². The van der Waals surface area contributed by atoms with Crippen LogP contribution in [0.5, 0.6) is 0 Å². The van der Waals surface area contributed by atoms with Gasteiger partial charge in [0.25, 0.3) is 0 Å². The Kier molecular flexibility index (Phi) is 3.67. The van der Waals surface area contributed by atoms with Gasteiger partial charge in [0.2, 0.25) is 0 Å². The first-order chi connectivity index (χ1) is 7.83. The van der Waals surface area contributed by atoms with E-state index < -0.39 is 0 Å². The molecule has 16 heavy (non-hydrogen) atoms. The van der Waals surface area contributed by atoms with Crippen LogP contribution in [0.15, 0.2) is 24.3 Å². The summed E-state index contributed by atoms with van der Waals surface area (Å²) in [6, 6.07) is 8.54. The topological polar surface area (TPSA) is 38.5 Å². The van der Waals surface area contributed by atoms with Crippen molar-refractivity contribution in [3.63, 3.8) is 0 Å². The van der Waals surface area contributed by atoms with Crippen LogP contribution in [0.4, 0.5) is 11.4 Å². The van der Waals surface area contributed by atoms with Crippen LogP contribution in [0.3, 0.4) is 0 Å². The first-order valence-electron chi connectivity index (χ1n) is 6.02. The van der Waals surface area contributed by atoms with E-state index in [2.05, 4.69) is 17.9 Å². The number of nitrogens with zero attached hydrogens (tertiary/aromatic N) is 1. The fourth-order valence-electron chi connectivity index (χ4n) is 2.34. The second kappa shape index (κ2) is 5.21. The maximum atomic E-state index is 6.02. The third-order valence-corrected chi connectivity index (χ3v) is 3.16. The number of nitrogen functional groups attached to an aromatic ring is 1. The van der Waals surface area contributed by atoms with Crippen molar-refractivity contribution in [2.45, 2.75) is 25.8 Å². The van der Waals surface area contributed by atoms with Crippen LogP contribution in [0.25, 0.3) is 0 Å². The first-order valence-corrected chi connectivity index (χ1v) is 6.02. The molecule has 0 aromatic heterocycles. The molecule has 88 valence electrons.